The third-order valence-corrected chi connectivity index (χ3v) is 4.37. The van der Waals surface area contributed by atoms with Gasteiger partial charge in [0.2, 0.25) is 5.95 Å². The highest BCUT2D eigenvalue weighted by atomic mass is 19.4. The smallest absolute Gasteiger partial charge is 0.475 e. The fourth-order valence-electron chi connectivity index (χ4n) is 3.02. The minimum atomic E-state index is -5.08. The van der Waals surface area contributed by atoms with Gasteiger partial charge in [-0.05, 0) is 25.5 Å². The first-order valence-electron chi connectivity index (χ1n) is 8.71. The van der Waals surface area contributed by atoms with E-state index in [0.717, 1.165) is 11.6 Å². The topological polar surface area (TPSA) is 131 Å². The quantitative estimate of drug-likeness (QED) is 0.563. The molecule has 1 unspecified atom stereocenters. The molecule has 170 valence electrons. The minimum absolute atomic E-state index is 0.0701. The summed E-state index contributed by atoms with van der Waals surface area (Å²) in [4.78, 5) is 22.7. The van der Waals surface area contributed by atoms with E-state index in [-0.39, 0.29) is 23.6 Å². The average molecular weight is 452 g/mol. The number of nitrogens with zero attached hydrogens (tertiary/aromatic N) is 4. The highest BCUT2D eigenvalue weighted by Crippen LogP contribution is 2.37. The van der Waals surface area contributed by atoms with Crippen LogP contribution >= 0.6 is 0 Å². The van der Waals surface area contributed by atoms with E-state index in [0.29, 0.717) is 25.1 Å². The molecule has 3 heterocycles. The van der Waals surface area contributed by atoms with Gasteiger partial charge in [0.25, 0.3) is 0 Å². The van der Waals surface area contributed by atoms with Crippen molar-refractivity contribution >= 4 is 23.6 Å². The molecule has 1 aliphatic rings. The van der Waals surface area contributed by atoms with Crippen LogP contribution in [0.25, 0.3) is 0 Å². The van der Waals surface area contributed by atoms with Crippen LogP contribution in [0, 0.1) is 0 Å². The van der Waals surface area contributed by atoms with Crippen LogP contribution in [0.2, 0.25) is 0 Å². The number of carboxylic acid groups (broad SMARTS) is 1. The van der Waals surface area contributed by atoms with Gasteiger partial charge in [0.05, 0.1) is 11.3 Å². The number of hydrogen-bond donors (Lipinski definition) is 3. The number of aromatic nitrogens is 3. The van der Waals surface area contributed by atoms with Gasteiger partial charge in [-0.25, -0.2) is 14.8 Å². The number of fused-ring (bicyclic) bond motifs is 1. The molecular weight excluding hydrogens is 434 g/mol. The van der Waals surface area contributed by atoms with E-state index in [1.807, 2.05) is 6.92 Å². The molecule has 0 spiro atoms. The molecule has 0 radical (unpaired) electrons. The average Bonchev–Trinajstić information content (AvgIpc) is 2.79. The van der Waals surface area contributed by atoms with Gasteiger partial charge in [-0.15, -0.1) is 0 Å². The molecule has 0 saturated heterocycles. The van der Waals surface area contributed by atoms with Crippen molar-refractivity contribution in [3.05, 3.63) is 35.2 Å². The Kier molecular flexibility index (Phi) is 6.81. The lowest BCUT2D eigenvalue weighted by molar-refractivity contribution is -0.192. The fourth-order valence-corrected chi connectivity index (χ4v) is 3.02. The monoisotopic (exact) mass is 452 g/mol. The zero-order valence-corrected chi connectivity index (χ0v) is 16.0. The maximum atomic E-state index is 13.3. The maximum Gasteiger partial charge on any atom is 0.490 e. The van der Waals surface area contributed by atoms with Crippen molar-refractivity contribution in [1.29, 1.82) is 0 Å². The van der Waals surface area contributed by atoms with E-state index in [1.54, 1.807) is 4.90 Å². The zero-order chi connectivity index (χ0) is 23.6. The molecule has 0 amide bonds. The largest absolute Gasteiger partial charge is 0.490 e. The third kappa shape index (κ3) is 5.86. The summed E-state index contributed by atoms with van der Waals surface area (Å²) in [5, 5.41) is 7.12. The Morgan fingerprint density at radius 3 is 2.35 bits per heavy atom. The molecule has 5 N–H and O–H groups in total. The first-order valence-corrected chi connectivity index (χ1v) is 8.71. The van der Waals surface area contributed by atoms with Crippen LogP contribution in [-0.4, -0.2) is 44.8 Å². The number of carbonyl (C=O) groups is 1. The molecule has 2 aromatic heterocycles. The number of halogens is 6. The molecule has 0 bridgehead atoms. The SMILES string of the molecule is CC1Cc2nc(N)nc(N)c2CCN1c1ncccc1C(F)(F)F.O=C(O)C(F)(F)F. The second-order valence-electron chi connectivity index (χ2n) is 6.56. The summed E-state index contributed by atoms with van der Waals surface area (Å²) in [6.07, 6.45) is -7.34. The van der Waals surface area contributed by atoms with Crippen molar-refractivity contribution in [2.45, 2.75) is 38.2 Å². The molecule has 8 nitrogen and oxygen atoms in total. The number of rotatable bonds is 1. The molecule has 31 heavy (non-hydrogen) atoms. The van der Waals surface area contributed by atoms with Gasteiger partial charge in [0.1, 0.15) is 11.6 Å². The van der Waals surface area contributed by atoms with Crippen LogP contribution in [0.1, 0.15) is 23.7 Å². The summed E-state index contributed by atoms with van der Waals surface area (Å²) in [5.41, 5.74) is 12.2. The number of hydrogen-bond acceptors (Lipinski definition) is 7. The van der Waals surface area contributed by atoms with Crippen LogP contribution in [0.3, 0.4) is 0 Å². The predicted octanol–water partition coefficient (Wildman–Crippen LogP) is 2.68. The standard InChI is InChI=1S/C15H17F3N6.C2HF3O2/c1-8-7-11-9(12(19)23-14(20)22-11)4-6-24(8)13-10(15(16,17)18)3-2-5-21-13;3-2(4,5)1(6)7/h2-3,5,8H,4,6-7H2,1H3,(H4,19,20,22,23);(H,6,7). The first kappa shape index (κ1) is 24.0. The number of anilines is 3. The number of aliphatic carboxylic acids is 1. The van der Waals surface area contributed by atoms with Gasteiger partial charge in [-0.3, -0.25) is 0 Å². The van der Waals surface area contributed by atoms with Crippen LogP contribution in [0.15, 0.2) is 18.3 Å². The summed E-state index contributed by atoms with van der Waals surface area (Å²) < 4.78 is 71.6. The van der Waals surface area contributed by atoms with Crippen molar-refractivity contribution in [2.75, 3.05) is 22.9 Å². The molecular formula is C17H18F6N6O2. The lowest BCUT2D eigenvalue weighted by atomic mass is 10.1. The van der Waals surface area contributed by atoms with Crippen molar-refractivity contribution in [2.24, 2.45) is 0 Å². The lowest BCUT2D eigenvalue weighted by Gasteiger charge is -2.30. The summed E-state index contributed by atoms with van der Waals surface area (Å²) in [5.74, 6) is -2.48. The zero-order valence-electron chi connectivity index (χ0n) is 16.0. The van der Waals surface area contributed by atoms with Gasteiger partial charge in [-0.2, -0.15) is 31.3 Å². The lowest BCUT2D eigenvalue weighted by Crippen LogP contribution is -2.36. The predicted molar refractivity (Wildman–Crippen MR) is 98.0 cm³/mol. The Morgan fingerprint density at radius 2 is 1.81 bits per heavy atom. The van der Waals surface area contributed by atoms with Crippen molar-refractivity contribution in [3.8, 4) is 0 Å². The minimum Gasteiger partial charge on any atom is -0.475 e. The number of nitrogens with two attached hydrogens (primary N) is 2. The number of carboxylic acids is 1. The van der Waals surface area contributed by atoms with Gasteiger partial charge < -0.3 is 21.5 Å². The first-order chi connectivity index (χ1) is 14.2. The molecule has 0 fully saturated rings. The van der Waals surface area contributed by atoms with E-state index in [9.17, 15) is 26.3 Å². The van der Waals surface area contributed by atoms with Crippen LogP contribution in [0.5, 0.6) is 0 Å². The Labute approximate surface area is 171 Å². The van der Waals surface area contributed by atoms with Gasteiger partial charge >= 0.3 is 18.3 Å². The Hall–Kier alpha value is -3.32. The maximum absolute atomic E-state index is 13.3. The fraction of sp³-hybridized carbons (Fsp3) is 0.412. The van der Waals surface area contributed by atoms with Gasteiger partial charge in [-0.1, -0.05) is 0 Å². The van der Waals surface area contributed by atoms with E-state index < -0.39 is 23.9 Å². The second kappa shape index (κ2) is 8.81. The summed E-state index contributed by atoms with van der Waals surface area (Å²) in [6.45, 7) is 2.17. The highest BCUT2D eigenvalue weighted by molar-refractivity contribution is 5.73. The molecule has 0 saturated carbocycles. The summed E-state index contributed by atoms with van der Waals surface area (Å²) >= 11 is 0. The Balaban J connectivity index is 0.000000423. The Bertz CT molecular complexity index is 950. The normalized spacial score (nSPS) is 16.6. The van der Waals surface area contributed by atoms with Gasteiger partial charge in [0.15, 0.2) is 0 Å². The highest BCUT2D eigenvalue weighted by Gasteiger charge is 2.38. The summed E-state index contributed by atoms with van der Waals surface area (Å²) in [6, 6.07) is 2.09. The third-order valence-electron chi connectivity index (χ3n) is 4.37. The molecule has 2 aromatic rings. The van der Waals surface area contributed by atoms with Crippen molar-refractivity contribution < 1.29 is 36.2 Å². The van der Waals surface area contributed by atoms with Gasteiger partial charge in [0, 0.05) is 30.8 Å². The number of alkyl halides is 6. The molecule has 3 rings (SSSR count). The Morgan fingerprint density at radius 1 is 1.19 bits per heavy atom. The summed E-state index contributed by atoms with van der Waals surface area (Å²) in [7, 11) is 0. The molecule has 0 aromatic carbocycles. The molecule has 1 atom stereocenters. The van der Waals surface area contributed by atoms with E-state index in [4.69, 9.17) is 21.4 Å². The van der Waals surface area contributed by atoms with E-state index in [1.165, 1.54) is 12.3 Å². The van der Waals surface area contributed by atoms with E-state index in [2.05, 4.69) is 15.0 Å². The number of nitrogen functional groups attached to an aromatic ring is 2. The van der Waals surface area contributed by atoms with Crippen LogP contribution in [-0.2, 0) is 23.8 Å². The van der Waals surface area contributed by atoms with Crippen molar-refractivity contribution in [3.63, 3.8) is 0 Å². The van der Waals surface area contributed by atoms with Crippen LogP contribution < -0.4 is 16.4 Å². The molecule has 0 aliphatic carbocycles. The molecule has 14 heteroatoms. The van der Waals surface area contributed by atoms with Crippen molar-refractivity contribution in [1.82, 2.24) is 15.0 Å². The number of pyridine rings is 1. The second-order valence-corrected chi connectivity index (χ2v) is 6.56. The molecule has 1 aliphatic heterocycles. The van der Waals surface area contributed by atoms with E-state index >= 15 is 0 Å². The van der Waals surface area contributed by atoms with Crippen LogP contribution in [0.4, 0.5) is 43.9 Å².